The molecule has 0 saturated heterocycles. The minimum absolute atomic E-state index is 0.324. The van der Waals surface area contributed by atoms with Gasteiger partial charge in [-0.25, -0.2) is 4.98 Å². The van der Waals surface area contributed by atoms with Gasteiger partial charge in [-0.15, -0.1) is 0 Å². The molecule has 0 aliphatic rings. The molecule has 0 amide bonds. The summed E-state index contributed by atoms with van der Waals surface area (Å²) in [5, 5.41) is 0. The molecular weight excluding hydrogens is 238 g/mol. The molecule has 0 aliphatic carbocycles. The summed E-state index contributed by atoms with van der Waals surface area (Å²) in [5.41, 5.74) is 8.05. The molecule has 1 aromatic carbocycles. The van der Waals surface area contributed by atoms with Crippen LogP contribution in [0.3, 0.4) is 0 Å². The summed E-state index contributed by atoms with van der Waals surface area (Å²) in [4.78, 5) is 4.78. The van der Waals surface area contributed by atoms with E-state index in [2.05, 4.69) is 24.5 Å². The minimum Gasteiger partial charge on any atom is -0.497 e. The second-order valence-corrected chi connectivity index (χ2v) is 4.82. The number of ether oxygens (including phenoxy) is 1. The third kappa shape index (κ3) is 2.59. The number of benzene rings is 1. The van der Waals surface area contributed by atoms with Gasteiger partial charge in [-0.2, -0.15) is 0 Å². The van der Waals surface area contributed by atoms with E-state index in [0.29, 0.717) is 12.5 Å². The van der Waals surface area contributed by atoms with Crippen LogP contribution >= 0.6 is 0 Å². The van der Waals surface area contributed by atoms with Crippen molar-refractivity contribution < 1.29 is 4.74 Å². The highest BCUT2D eigenvalue weighted by atomic mass is 16.5. The highest BCUT2D eigenvalue weighted by Gasteiger charge is 2.17. The Bertz CT molecular complexity index is 544. The van der Waals surface area contributed by atoms with Crippen molar-refractivity contribution in [2.24, 2.45) is 5.73 Å². The fourth-order valence-corrected chi connectivity index (χ4v) is 2.48. The van der Waals surface area contributed by atoms with E-state index in [4.69, 9.17) is 15.5 Å². The van der Waals surface area contributed by atoms with Crippen LogP contribution < -0.4 is 10.5 Å². The second kappa shape index (κ2) is 6.06. The molecule has 1 heterocycles. The first kappa shape index (κ1) is 13.9. The largest absolute Gasteiger partial charge is 0.497 e. The van der Waals surface area contributed by atoms with E-state index in [1.165, 1.54) is 5.52 Å². The molecule has 104 valence electrons. The number of methoxy groups -OCH3 is 1. The zero-order valence-corrected chi connectivity index (χ0v) is 12.0. The van der Waals surface area contributed by atoms with Crippen molar-refractivity contribution in [1.82, 2.24) is 9.55 Å². The second-order valence-electron chi connectivity index (χ2n) is 4.82. The fourth-order valence-electron chi connectivity index (χ4n) is 2.48. The number of hydrogen-bond donors (Lipinski definition) is 1. The van der Waals surface area contributed by atoms with Crippen molar-refractivity contribution in [3.8, 4) is 5.75 Å². The standard InChI is InChI=1S/C15H23N3O/c1-4-8-18-14-7-6-12(19-3)9-13(14)17-15(18)11(5-2)10-16/h6-7,9,11H,4-5,8,10,16H2,1-3H3. The number of imidazole rings is 1. The monoisotopic (exact) mass is 261 g/mol. The average Bonchev–Trinajstić information content (AvgIpc) is 2.79. The molecule has 0 bridgehead atoms. The molecule has 0 aliphatic heterocycles. The van der Waals surface area contributed by atoms with E-state index in [1.807, 2.05) is 12.1 Å². The van der Waals surface area contributed by atoms with E-state index in [9.17, 15) is 0 Å². The van der Waals surface area contributed by atoms with E-state index >= 15 is 0 Å². The molecule has 0 spiro atoms. The number of hydrogen-bond acceptors (Lipinski definition) is 3. The van der Waals surface area contributed by atoms with Crippen LogP contribution in [0.1, 0.15) is 38.4 Å². The average molecular weight is 261 g/mol. The van der Waals surface area contributed by atoms with Gasteiger partial charge >= 0.3 is 0 Å². The van der Waals surface area contributed by atoms with Crippen molar-refractivity contribution in [2.45, 2.75) is 39.2 Å². The van der Waals surface area contributed by atoms with Gasteiger partial charge in [-0.05, 0) is 25.0 Å². The SMILES string of the molecule is CCCn1c(C(CC)CN)nc2cc(OC)ccc21. The van der Waals surface area contributed by atoms with Crippen LogP contribution in [0.15, 0.2) is 18.2 Å². The van der Waals surface area contributed by atoms with E-state index < -0.39 is 0 Å². The Morgan fingerprint density at radius 3 is 2.74 bits per heavy atom. The molecule has 2 rings (SSSR count). The zero-order valence-electron chi connectivity index (χ0n) is 12.0. The summed E-state index contributed by atoms with van der Waals surface area (Å²) in [7, 11) is 1.68. The molecule has 0 radical (unpaired) electrons. The summed E-state index contributed by atoms with van der Waals surface area (Å²) < 4.78 is 7.57. The van der Waals surface area contributed by atoms with E-state index in [1.54, 1.807) is 7.11 Å². The maximum absolute atomic E-state index is 5.88. The van der Waals surface area contributed by atoms with Crippen LogP contribution in [-0.4, -0.2) is 23.2 Å². The minimum atomic E-state index is 0.324. The summed E-state index contributed by atoms with van der Waals surface area (Å²) in [6.07, 6.45) is 2.10. The van der Waals surface area contributed by atoms with Gasteiger partial charge in [0.1, 0.15) is 11.6 Å². The van der Waals surface area contributed by atoms with Gasteiger partial charge in [0.25, 0.3) is 0 Å². The summed E-state index contributed by atoms with van der Waals surface area (Å²) in [6.45, 7) is 5.96. The lowest BCUT2D eigenvalue weighted by Crippen LogP contribution is -2.17. The number of aryl methyl sites for hydroxylation is 1. The normalized spacial score (nSPS) is 12.8. The topological polar surface area (TPSA) is 53.1 Å². The summed E-state index contributed by atoms with van der Waals surface area (Å²) >= 11 is 0. The van der Waals surface area contributed by atoms with Crippen LogP contribution in [0.4, 0.5) is 0 Å². The highest BCUT2D eigenvalue weighted by molar-refractivity contribution is 5.78. The number of fused-ring (bicyclic) bond motifs is 1. The first-order valence-corrected chi connectivity index (χ1v) is 6.99. The number of aromatic nitrogens is 2. The first-order valence-electron chi connectivity index (χ1n) is 6.99. The van der Waals surface area contributed by atoms with Crippen molar-refractivity contribution in [3.63, 3.8) is 0 Å². The third-order valence-electron chi connectivity index (χ3n) is 3.57. The molecule has 1 atom stereocenters. The Morgan fingerprint density at radius 2 is 2.16 bits per heavy atom. The van der Waals surface area contributed by atoms with Crippen LogP contribution in [-0.2, 0) is 6.54 Å². The summed E-state index contributed by atoms with van der Waals surface area (Å²) in [6, 6.07) is 6.07. The lowest BCUT2D eigenvalue weighted by molar-refractivity contribution is 0.415. The molecule has 1 unspecified atom stereocenters. The van der Waals surface area contributed by atoms with Gasteiger partial charge < -0.3 is 15.0 Å². The fraction of sp³-hybridized carbons (Fsp3) is 0.533. The molecule has 19 heavy (non-hydrogen) atoms. The lowest BCUT2D eigenvalue weighted by atomic mass is 10.1. The molecule has 4 heteroatoms. The molecule has 4 nitrogen and oxygen atoms in total. The quantitative estimate of drug-likeness (QED) is 0.870. The molecule has 1 aromatic heterocycles. The van der Waals surface area contributed by atoms with Crippen molar-refractivity contribution in [3.05, 3.63) is 24.0 Å². The van der Waals surface area contributed by atoms with Gasteiger partial charge in [0, 0.05) is 25.1 Å². The molecule has 0 fully saturated rings. The molecule has 2 aromatic rings. The van der Waals surface area contributed by atoms with Crippen LogP contribution in [0.25, 0.3) is 11.0 Å². The predicted octanol–water partition coefficient (Wildman–Crippen LogP) is 2.91. The van der Waals surface area contributed by atoms with Gasteiger partial charge in [0.05, 0.1) is 18.1 Å². The van der Waals surface area contributed by atoms with Crippen LogP contribution in [0.5, 0.6) is 5.75 Å². The maximum Gasteiger partial charge on any atom is 0.121 e. The Morgan fingerprint density at radius 1 is 1.37 bits per heavy atom. The third-order valence-corrected chi connectivity index (χ3v) is 3.57. The van der Waals surface area contributed by atoms with Crippen LogP contribution in [0.2, 0.25) is 0 Å². The molecule has 2 N–H and O–H groups in total. The van der Waals surface area contributed by atoms with Crippen molar-refractivity contribution >= 4 is 11.0 Å². The first-order chi connectivity index (χ1) is 9.24. The Hall–Kier alpha value is -1.55. The Labute approximate surface area is 114 Å². The smallest absolute Gasteiger partial charge is 0.121 e. The number of rotatable bonds is 6. The van der Waals surface area contributed by atoms with Crippen LogP contribution in [0, 0.1) is 0 Å². The van der Waals surface area contributed by atoms with E-state index in [-0.39, 0.29) is 0 Å². The summed E-state index contributed by atoms with van der Waals surface area (Å²) in [5.74, 6) is 2.28. The van der Waals surface area contributed by atoms with Gasteiger partial charge in [0.15, 0.2) is 0 Å². The molecular formula is C15H23N3O. The Balaban J connectivity index is 2.57. The zero-order chi connectivity index (χ0) is 13.8. The van der Waals surface area contributed by atoms with E-state index in [0.717, 1.165) is 36.5 Å². The van der Waals surface area contributed by atoms with Crippen molar-refractivity contribution in [1.29, 1.82) is 0 Å². The maximum atomic E-state index is 5.88. The Kier molecular flexibility index (Phi) is 4.43. The van der Waals surface area contributed by atoms with Gasteiger partial charge in [-0.3, -0.25) is 0 Å². The predicted molar refractivity (Wildman–Crippen MR) is 78.7 cm³/mol. The molecule has 0 saturated carbocycles. The van der Waals surface area contributed by atoms with Gasteiger partial charge in [0.2, 0.25) is 0 Å². The van der Waals surface area contributed by atoms with Crippen molar-refractivity contribution in [2.75, 3.05) is 13.7 Å². The lowest BCUT2D eigenvalue weighted by Gasteiger charge is -2.14. The number of nitrogens with two attached hydrogens (primary N) is 1. The highest BCUT2D eigenvalue weighted by Crippen LogP contribution is 2.26. The van der Waals surface area contributed by atoms with Gasteiger partial charge in [-0.1, -0.05) is 13.8 Å². The number of nitrogens with zero attached hydrogens (tertiary/aromatic N) is 2.